The molecule has 0 saturated carbocycles. The second-order valence-electron chi connectivity index (χ2n) is 2.92. The van der Waals surface area contributed by atoms with E-state index in [1.165, 1.54) is 12.1 Å². The van der Waals surface area contributed by atoms with Crippen molar-refractivity contribution in [2.45, 2.75) is 0 Å². The molecule has 0 unspecified atom stereocenters. The van der Waals surface area contributed by atoms with Crippen LogP contribution < -0.4 is 4.90 Å². The van der Waals surface area contributed by atoms with Gasteiger partial charge in [0.1, 0.15) is 11.5 Å². The number of nitrogens with zero attached hydrogens (tertiary/aromatic N) is 1. The van der Waals surface area contributed by atoms with Gasteiger partial charge in [0.2, 0.25) is 0 Å². The molecule has 0 aromatic heterocycles. The van der Waals surface area contributed by atoms with Gasteiger partial charge in [-0.3, -0.25) is 9.59 Å². The number of imide groups is 1. The Kier molecular flexibility index (Phi) is 2.40. The Morgan fingerprint density at radius 2 is 1.73 bits per heavy atom. The Bertz CT molecular complexity index is 446. The number of hydrogen-bond acceptors (Lipinski definition) is 2. The predicted octanol–water partition coefficient (Wildman–Crippen LogP) is 2.02. The molecule has 2 amide bonds. The average Bonchev–Trinajstić information content (AvgIpc) is 2.49. The zero-order valence-corrected chi connectivity index (χ0v) is 8.99. The van der Waals surface area contributed by atoms with Crippen molar-refractivity contribution in [2.24, 2.45) is 0 Å². The molecule has 2 rings (SSSR count). The molecule has 1 heterocycles. The predicted molar refractivity (Wildman–Crippen MR) is 55.7 cm³/mol. The maximum atomic E-state index is 13.4. The smallest absolute Gasteiger partial charge is 0.258 e. The zero-order valence-electron chi connectivity index (χ0n) is 7.41. The van der Waals surface area contributed by atoms with Crippen molar-refractivity contribution in [3.63, 3.8) is 0 Å². The highest BCUT2D eigenvalue weighted by atomic mass is 79.9. The van der Waals surface area contributed by atoms with Crippen molar-refractivity contribution >= 4 is 33.4 Å². The van der Waals surface area contributed by atoms with Crippen molar-refractivity contribution in [3.05, 3.63) is 40.6 Å². The molecule has 0 fully saturated rings. The van der Waals surface area contributed by atoms with Crippen molar-refractivity contribution in [2.75, 3.05) is 4.90 Å². The molecule has 1 aromatic rings. The van der Waals surface area contributed by atoms with E-state index in [2.05, 4.69) is 15.9 Å². The first-order valence-corrected chi connectivity index (χ1v) is 4.90. The summed E-state index contributed by atoms with van der Waals surface area (Å²) < 4.78 is 13.8. The molecule has 1 aliphatic heterocycles. The standard InChI is InChI=1S/C10H5BrFNO2/c11-6-2-1-3-7(12)10(6)13-8(14)4-5-9(13)15/h1-5H. The molecule has 1 aromatic carbocycles. The monoisotopic (exact) mass is 269 g/mol. The molecule has 1 aliphatic rings. The van der Waals surface area contributed by atoms with Crippen LogP contribution >= 0.6 is 15.9 Å². The van der Waals surface area contributed by atoms with E-state index in [4.69, 9.17) is 0 Å². The largest absolute Gasteiger partial charge is 0.269 e. The van der Waals surface area contributed by atoms with Crippen molar-refractivity contribution < 1.29 is 14.0 Å². The van der Waals surface area contributed by atoms with Crippen LogP contribution in [0.5, 0.6) is 0 Å². The summed E-state index contributed by atoms with van der Waals surface area (Å²) in [6, 6.07) is 4.25. The average molecular weight is 270 g/mol. The number of amides is 2. The number of hydrogen-bond donors (Lipinski definition) is 0. The fourth-order valence-corrected chi connectivity index (χ4v) is 1.84. The van der Waals surface area contributed by atoms with E-state index in [0.717, 1.165) is 17.1 Å². The molecule has 5 heteroatoms. The molecule has 0 N–H and O–H groups in total. The van der Waals surface area contributed by atoms with Gasteiger partial charge in [-0.25, -0.2) is 9.29 Å². The van der Waals surface area contributed by atoms with E-state index >= 15 is 0 Å². The number of para-hydroxylation sites is 1. The Morgan fingerprint density at radius 3 is 2.27 bits per heavy atom. The number of benzene rings is 1. The zero-order chi connectivity index (χ0) is 11.0. The fraction of sp³-hybridized carbons (Fsp3) is 0. The first-order chi connectivity index (χ1) is 7.11. The third kappa shape index (κ3) is 1.59. The molecule has 3 nitrogen and oxygen atoms in total. The first-order valence-electron chi connectivity index (χ1n) is 4.11. The van der Waals surface area contributed by atoms with Gasteiger partial charge in [-0.1, -0.05) is 6.07 Å². The van der Waals surface area contributed by atoms with Crippen LogP contribution in [0.25, 0.3) is 0 Å². The highest BCUT2D eigenvalue weighted by molar-refractivity contribution is 9.10. The minimum Gasteiger partial charge on any atom is -0.269 e. The third-order valence-electron chi connectivity index (χ3n) is 1.97. The Labute approximate surface area is 93.3 Å². The minimum atomic E-state index is -0.616. The van der Waals surface area contributed by atoms with E-state index in [1.54, 1.807) is 6.07 Å². The van der Waals surface area contributed by atoms with Gasteiger partial charge in [0, 0.05) is 16.6 Å². The Hall–Kier alpha value is -1.49. The number of carbonyl (C=O) groups excluding carboxylic acids is 2. The lowest BCUT2D eigenvalue weighted by Gasteiger charge is -2.15. The molecule has 0 spiro atoms. The lowest BCUT2D eigenvalue weighted by molar-refractivity contribution is -0.120. The highest BCUT2D eigenvalue weighted by Gasteiger charge is 2.29. The molecule has 0 radical (unpaired) electrons. The topological polar surface area (TPSA) is 37.4 Å². The molecule has 0 aliphatic carbocycles. The van der Waals surface area contributed by atoms with Gasteiger partial charge in [0.25, 0.3) is 11.8 Å². The molecular weight excluding hydrogens is 265 g/mol. The second-order valence-corrected chi connectivity index (χ2v) is 3.77. The lowest BCUT2D eigenvalue weighted by atomic mass is 10.3. The van der Waals surface area contributed by atoms with Crippen LogP contribution in [0.15, 0.2) is 34.8 Å². The lowest BCUT2D eigenvalue weighted by Crippen LogP contribution is -2.30. The normalized spacial score (nSPS) is 15.2. The van der Waals surface area contributed by atoms with Crippen LogP contribution in [0.4, 0.5) is 10.1 Å². The molecular formula is C10H5BrFNO2. The van der Waals surface area contributed by atoms with Crippen LogP contribution in [-0.4, -0.2) is 11.8 Å². The van der Waals surface area contributed by atoms with Gasteiger partial charge in [0.05, 0.1) is 0 Å². The van der Waals surface area contributed by atoms with Crippen LogP contribution in [-0.2, 0) is 9.59 Å². The van der Waals surface area contributed by atoms with Crippen molar-refractivity contribution in [1.82, 2.24) is 0 Å². The van der Waals surface area contributed by atoms with Gasteiger partial charge < -0.3 is 0 Å². The summed E-state index contributed by atoms with van der Waals surface area (Å²) in [6.45, 7) is 0. The summed E-state index contributed by atoms with van der Waals surface area (Å²) in [5, 5.41) is 0. The van der Waals surface area contributed by atoms with Gasteiger partial charge in [0.15, 0.2) is 0 Å². The second kappa shape index (κ2) is 3.58. The maximum Gasteiger partial charge on any atom is 0.258 e. The third-order valence-corrected chi connectivity index (χ3v) is 2.61. The van der Waals surface area contributed by atoms with Gasteiger partial charge >= 0.3 is 0 Å². The Balaban J connectivity index is 2.55. The maximum absolute atomic E-state index is 13.4. The number of anilines is 1. The molecule has 0 bridgehead atoms. The van der Waals surface area contributed by atoms with Crippen LogP contribution in [0.3, 0.4) is 0 Å². The first kappa shape index (κ1) is 10.0. The van der Waals surface area contributed by atoms with E-state index in [-0.39, 0.29) is 5.69 Å². The summed E-state index contributed by atoms with van der Waals surface area (Å²) in [6.07, 6.45) is 2.22. The summed E-state index contributed by atoms with van der Waals surface area (Å²) in [5.74, 6) is -1.69. The van der Waals surface area contributed by atoms with Gasteiger partial charge in [-0.05, 0) is 28.1 Å². The van der Waals surface area contributed by atoms with E-state index in [0.29, 0.717) is 4.47 Å². The summed E-state index contributed by atoms with van der Waals surface area (Å²) in [4.78, 5) is 23.4. The molecule has 0 atom stereocenters. The van der Waals surface area contributed by atoms with Crippen molar-refractivity contribution in [3.8, 4) is 0 Å². The van der Waals surface area contributed by atoms with Crippen LogP contribution in [0, 0.1) is 5.82 Å². The molecule has 0 saturated heterocycles. The van der Waals surface area contributed by atoms with Gasteiger partial charge in [-0.15, -0.1) is 0 Å². The van der Waals surface area contributed by atoms with Crippen LogP contribution in [0.2, 0.25) is 0 Å². The quantitative estimate of drug-likeness (QED) is 0.732. The fourth-order valence-electron chi connectivity index (χ4n) is 1.32. The van der Waals surface area contributed by atoms with Crippen LogP contribution in [0.1, 0.15) is 0 Å². The molecule has 76 valence electrons. The summed E-state index contributed by atoms with van der Waals surface area (Å²) in [7, 11) is 0. The van der Waals surface area contributed by atoms with Crippen molar-refractivity contribution in [1.29, 1.82) is 0 Å². The SMILES string of the molecule is O=C1C=CC(=O)N1c1c(F)cccc1Br. The Morgan fingerprint density at radius 1 is 1.13 bits per heavy atom. The number of halogens is 2. The van der Waals surface area contributed by atoms with E-state index in [9.17, 15) is 14.0 Å². The number of rotatable bonds is 1. The van der Waals surface area contributed by atoms with E-state index < -0.39 is 17.6 Å². The summed E-state index contributed by atoms with van der Waals surface area (Å²) >= 11 is 3.10. The van der Waals surface area contributed by atoms with E-state index in [1.807, 2.05) is 0 Å². The molecule has 15 heavy (non-hydrogen) atoms. The van der Waals surface area contributed by atoms with Gasteiger partial charge in [-0.2, -0.15) is 0 Å². The summed E-state index contributed by atoms with van der Waals surface area (Å²) in [5.41, 5.74) is -0.0440. The number of carbonyl (C=O) groups is 2. The highest BCUT2D eigenvalue weighted by Crippen LogP contribution is 2.30. The minimum absolute atomic E-state index is 0.0440.